The van der Waals surface area contributed by atoms with Crippen molar-refractivity contribution in [1.29, 1.82) is 0 Å². The first kappa shape index (κ1) is 14.7. The minimum atomic E-state index is -0.846. The van der Waals surface area contributed by atoms with Crippen LogP contribution in [0.4, 0.5) is 10.1 Å². The number of rotatable bonds is 7. The largest absolute Gasteiger partial charge is 0.312 e. The Balaban J connectivity index is 2.52. The lowest BCUT2D eigenvalue weighted by Crippen LogP contribution is -2.20. The lowest BCUT2D eigenvalue weighted by atomic mass is 10.2. The summed E-state index contributed by atoms with van der Waals surface area (Å²) in [5.74, 6) is 0.499. The lowest BCUT2D eigenvalue weighted by molar-refractivity contribution is -0.385. The third kappa shape index (κ3) is 4.89. The molecule has 0 bridgehead atoms. The molecule has 1 unspecified atom stereocenters. The molecule has 1 atom stereocenters. The van der Waals surface area contributed by atoms with Crippen LogP contribution in [0.2, 0.25) is 0 Å². The van der Waals surface area contributed by atoms with Crippen LogP contribution in [-0.2, 0) is 17.3 Å². The third-order valence-corrected chi connectivity index (χ3v) is 3.61. The van der Waals surface area contributed by atoms with E-state index < -0.39 is 21.5 Å². The van der Waals surface area contributed by atoms with Crippen LogP contribution < -0.4 is 5.32 Å². The van der Waals surface area contributed by atoms with Gasteiger partial charge in [0.2, 0.25) is 0 Å². The third-order valence-electron chi connectivity index (χ3n) is 2.31. The molecule has 7 heteroatoms. The predicted octanol–water partition coefficient (Wildman–Crippen LogP) is 1.59. The number of benzene rings is 1. The quantitative estimate of drug-likeness (QED) is 0.465. The zero-order valence-electron chi connectivity index (χ0n) is 10.0. The van der Waals surface area contributed by atoms with E-state index in [9.17, 15) is 18.7 Å². The Hall–Kier alpha value is -1.34. The first-order chi connectivity index (χ1) is 8.52. The molecule has 0 amide bonds. The molecule has 0 radical (unpaired) electrons. The van der Waals surface area contributed by atoms with Crippen molar-refractivity contribution in [2.45, 2.75) is 13.5 Å². The molecule has 0 aromatic heterocycles. The van der Waals surface area contributed by atoms with Gasteiger partial charge in [-0.1, -0.05) is 6.92 Å². The summed E-state index contributed by atoms with van der Waals surface area (Å²) >= 11 is 0. The van der Waals surface area contributed by atoms with Crippen LogP contribution in [0.25, 0.3) is 0 Å². The van der Waals surface area contributed by atoms with Crippen molar-refractivity contribution in [3.63, 3.8) is 0 Å². The van der Waals surface area contributed by atoms with Gasteiger partial charge in [-0.2, -0.15) is 0 Å². The molecule has 0 fully saturated rings. The van der Waals surface area contributed by atoms with Crippen LogP contribution in [0.5, 0.6) is 0 Å². The monoisotopic (exact) mass is 274 g/mol. The van der Waals surface area contributed by atoms with Gasteiger partial charge in [-0.05, 0) is 11.6 Å². The zero-order chi connectivity index (χ0) is 13.5. The van der Waals surface area contributed by atoms with Gasteiger partial charge >= 0.3 is 0 Å². The number of halogens is 1. The van der Waals surface area contributed by atoms with Crippen molar-refractivity contribution in [2.24, 2.45) is 0 Å². The van der Waals surface area contributed by atoms with Gasteiger partial charge in [-0.15, -0.1) is 0 Å². The summed E-state index contributed by atoms with van der Waals surface area (Å²) in [5.41, 5.74) is 0.243. The summed E-state index contributed by atoms with van der Waals surface area (Å²) in [6.07, 6.45) is 0. The van der Waals surface area contributed by atoms with E-state index in [1.54, 1.807) is 0 Å². The maximum atomic E-state index is 13.1. The number of nitrogens with zero attached hydrogens (tertiary/aromatic N) is 1. The second-order valence-electron chi connectivity index (χ2n) is 3.68. The van der Waals surface area contributed by atoms with E-state index in [0.717, 1.165) is 6.07 Å². The maximum absolute atomic E-state index is 13.1. The molecule has 0 heterocycles. The lowest BCUT2D eigenvalue weighted by Gasteiger charge is -2.04. The topological polar surface area (TPSA) is 72.2 Å². The highest BCUT2D eigenvalue weighted by molar-refractivity contribution is 7.84. The van der Waals surface area contributed by atoms with Crippen LogP contribution >= 0.6 is 0 Å². The molecular formula is C11H15FN2O3S. The molecule has 1 aromatic carbocycles. The maximum Gasteiger partial charge on any atom is 0.272 e. The van der Waals surface area contributed by atoms with Gasteiger partial charge in [-0.25, -0.2) is 4.39 Å². The summed E-state index contributed by atoms with van der Waals surface area (Å²) in [7, 11) is -0.846. The summed E-state index contributed by atoms with van der Waals surface area (Å²) in [5, 5.41) is 13.5. The normalized spacial score (nSPS) is 12.3. The van der Waals surface area contributed by atoms with E-state index in [1.807, 2.05) is 6.92 Å². The van der Waals surface area contributed by atoms with Gasteiger partial charge in [0.25, 0.3) is 5.69 Å². The summed E-state index contributed by atoms with van der Waals surface area (Å²) < 4.78 is 24.2. The van der Waals surface area contributed by atoms with Crippen LogP contribution in [0.15, 0.2) is 18.2 Å². The number of hydrogen-bond donors (Lipinski definition) is 1. The molecule has 0 aliphatic heterocycles. The molecule has 1 aromatic rings. The summed E-state index contributed by atoms with van der Waals surface area (Å²) in [4.78, 5) is 9.92. The number of nitrogens with one attached hydrogen (secondary N) is 1. The molecule has 0 saturated carbocycles. The number of nitro groups is 1. The molecule has 1 rings (SSSR count). The minimum Gasteiger partial charge on any atom is -0.312 e. The van der Waals surface area contributed by atoms with E-state index in [4.69, 9.17) is 0 Å². The smallest absolute Gasteiger partial charge is 0.272 e. The second-order valence-corrected chi connectivity index (χ2v) is 5.55. The molecular weight excluding hydrogens is 259 g/mol. The Bertz CT molecular complexity index is 454. The Kier molecular flexibility index (Phi) is 5.87. The minimum absolute atomic E-state index is 0.260. The Labute approximate surface area is 107 Å². The van der Waals surface area contributed by atoms with Crippen molar-refractivity contribution in [1.82, 2.24) is 5.32 Å². The zero-order valence-corrected chi connectivity index (χ0v) is 10.8. The number of non-ortho nitro benzene ring substituents is 1. The van der Waals surface area contributed by atoms with Crippen LogP contribution in [0.3, 0.4) is 0 Å². The van der Waals surface area contributed by atoms with E-state index >= 15 is 0 Å². The second kappa shape index (κ2) is 7.17. The van der Waals surface area contributed by atoms with E-state index in [0.29, 0.717) is 30.2 Å². The van der Waals surface area contributed by atoms with E-state index in [-0.39, 0.29) is 5.69 Å². The van der Waals surface area contributed by atoms with Gasteiger partial charge in [0.05, 0.1) is 11.0 Å². The summed E-state index contributed by atoms with van der Waals surface area (Å²) in [6, 6.07) is 3.46. The Morgan fingerprint density at radius 1 is 1.44 bits per heavy atom. The van der Waals surface area contributed by atoms with E-state index in [1.165, 1.54) is 12.1 Å². The molecule has 1 N–H and O–H groups in total. The average molecular weight is 274 g/mol. The first-order valence-electron chi connectivity index (χ1n) is 5.52. The predicted molar refractivity (Wildman–Crippen MR) is 68.3 cm³/mol. The van der Waals surface area contributed by atoms with Gasteiger partial charge in [0, 0.05) is 41.5 Å². The number of nitro benzene ring substituents is 1. The van der Waals surface area contributed by atoms with Crippen molar-refractivity contribution in [2.75, 3.05) is 18.1 Å². The van der Waals surface area contributed by atoms with Crippen molar-refractivity contribution in [3.05, 3.63) is 39.7 Å². The number of hydrogen-bond acceptors (Lipinski definition) is 4. The fourth-order valence-corrected chi connectivity index (χ4v) is 2.06. The average Bonchev–Trinajstić information content (AvgIpc) is 2.33. The molecule has 18 heavy (non-hydrogen) atoms. The fraction of sp³-hybridized carbons (Fsp3) is 0.455. The molecule has 0 aliphatic rings. The standard InChI is InChI=1S/C11H15FN2O3S/c1-2-18(17)4-3-13-8-9-5-10(12)7-11(6-9)14(15)16/h5-7,13H,2-4,8H2,1H3. The SMILES string of the molecule is CCS(=O)CCNCc1cc(F)cc([N+](=O)[O-])c1. The Morgan fingerprint density at radius 3 is 2.78 bits per heavy atom. The van der Waals surface area contributed by atoms with Gasteiger partial charge in [-0.3, -0.25) is 14.3 Å². The molecule has 0 spiro atoms. The summed E-state index contributed by atoms with van der Waals surface area (Å²) in [6.45, 7) is 2.69. The van der Waals surface area contributed by atoms with Crippen molar-refractivity contribution < 1.29 is 13.5 Å². The molecule has 100 valence electrons. The molecule has 5 nitrogen and oxygen atoms in total. The van der Waals surface area contributed by atoms with Gasteiger partial charge < -0.3 is 5.32 Å². The van der Waals surface area contributed by atoms with Crippen molar-refractivity contribution in [3.8, 4) is 0 Å². The van der Waals surface area contributed by atoms with Crippen LogP contribution in [0, 0.1) is 15.9 Å². The molecule has 0 saturated heterocycles. The van der Waals surface area contributed by atoms with Crippen LogP contribution in [-0.4, -0.2) is 27.2 Å². The van der Waals surface area contributed by atoms with Gasteiger partial charge in [0.1, 0.15) is 5.82 Å². The highest BCUT2D eigenvalue weighted by Crippen LogP contribution is 2.15. The van der Waals surface area contributed by atoms with E-state index in [2.05, 4.69) is 5.32 Å². The fourth-order valence-electron chi connectivity index (χ4n) is 1.40. The van der Waals surface area contributed by atoms with Crippen LogP contribution in [0.1, 0.15) is 12.5 Å². The first-order valence-corrected chi connectivity index (χ1v) is 7.01. The Morgan fingerprint density at radius 2 is 2.17 bits per heavy atom. The highest BCUT2D eigenvalue weighted by Gasteiger charge is 2.09. The van der Waals surface area contributed by atoms with Gasteiger partial charge in [0.15, 0.2) is 0 Å². The molecule has 0 aliphatic carbocycles. The highest BCUT2D eigenvalue weighted by atomic mass is 32.2. The van der Waals surface area contributed by atoms with Crippen molar-refractivity contribution >= 4 is 16.5 Å².